The van der Waals surface area contributed by atoms with Gasteiger partial charge >= 0.3 is 0 Å². The van der Waals surface area contributed by atoms with Crippen LogP contribution < -0.4 is 10.6 Å². The highest BCUT2D eigenvalue weighted by atomic mass is 19.1. The zero-order chi connectivity index (χ0) is 18.1. The minimum absolute atomic E-state index is 0.185. The van der Waals surface area contributed by atoms with Crippen LogP contribution in [0.25, 0.3) is 0 Å². The van der Waals surface area contributed by atoms with Gasteiger partial charge in [-0.2, -0.15) is 0 Å². The summed E-state index contributed by atoms with van der Waals surface area (Å²) in [5.74, 6) is 1.48. The fourth-order valence-electron chi connectivity index (χ4n) is 2.72. The van der Waals surface area contributed by atoms with Crippen molar-refractivity contribution >= 4 is 5.96 Å². The van der Waals surface area contributed by atoms with E-state index in [0.717, 1.165) is 60.8 Å². The summed E-state index contributed by atoms with van der Waals surface area (Å²) in [4.78, 5) is 4.24. The molecule has 136 valence electrons. The SMILES string of the molecule is CCc1noc(CC)c1CNC(=NC)NCCCc1cccc(F)c1. The highest BCUT2D eigenvalue weighted by Gasteiger charge is 2.13. The van der Waals surface area contributed by atoms with E-state index in [9.17, 15) is 4.39 Å². The molecule has 0 atom stereocenters. The van der Waals surface area contributed by atoms with Gasteiger partial charge in [-0.25, -0.2) is 4.39 Å². The van der Waals surface area contributed by atoms with Crippen molar-refractivity contribution in [1.82, 2.24) is 15.8 Å². The van der Waals surface area contributed by atoms with Gasteiger partial charge in [0.25, 0.3) is 0 Å². The summed E-state index contributed by atoms with van der Waals surface area (Å²) in [6.45, 7) is 5.53. The van der Waals surface area contributed by atoms with Crippen molar-refractivity contribution < 1.29 is 8.91 Å². The lowest BCUT2D eigenvalue weighted by Gasteiger charge is -2.12. The molecule has 2 rings (SSSR count). The topological polar surface area (TPSA) is 62.5 Å². The Bertz CT molecular complexity index is 675. The van der Waals surface area contributed by atoms with E-state index in [1.54, 1.807) is 19.2 Å². The number of hydrogen-bond acceptors (Lipinski definition) is 3. The summed E-state index contributed by atoms with van der Waals surface area (Å²) in [5, 5.41) is 10.7. The van der Waals surface area contributed by atoms with Crippen molar-refractivity contribution in [2.75, 3.05) is 13.6 Å². The molecule has 0 bridgehead atoms. The zero-order valence-electron chi connectivity index (χ0n) is 15.2. The van der Waals surface area contributed by atoms with Crippen molar-refractivity contribution in [3.05, 3.63) is 52.7 Å². The molecular formula is C19H27FN4O. The quantitative estimate of drug-likeness (QED) is 0.438. The molecule has 0 amide bonds. The Morgan fingerprint density at radius 1 is 1.24 bits per heavy atom. The molecular weight excluding hydrogens is 319 g/mol. The first-order valence-electron chi connectivity index (χ1n) is 8.83. The van der Waals surface area contributed by atoms with Crippen LogP contribution in [0.1, 0.15) is 42.8 Å². The molecule has 0 spiro atoms. The zero-order valence-corrected chi connectivity index (χ0v) is 15.2. The van der Waals surface area contributed by atoms with Gasteiger partial charge in [-0.1, -0.05) is 31.1 Å². The molecule has 1 heterocycles. The molecule has 0 aliphatic carbocycles. The Balaban J connectivity index is 1.78. The second-order valence-electron chi connectivity index (χ2n) is 5.82. The molecule has 0 unspecified atom stereocenters. The first-order valence-corrected chi connectivity index (χ1v) is 8.83. The molecule has 0 fully saturated rings. The van der Waals surface area contributed by atoms with Crippen LogP contribution in [0.4, 0.5) is 4.39 Å². The van der Waals surface area contributed by atoms with Crippen LogP contribution in [0, 0.1) is 5.82 Å². The Morgan fingerprint density at radius 2 is 2.08 bits per heavy atom. The minimum atomic E-state index is -0.185. The molecule has 1 aromatic heterocycles. The first-order chi connectivity index (χ1) is 12.2. The van der Waals surface area contributed by atoms with Gasteiger partial charge in [-0.3, -0.25) is 4.99 Å². The monoisotopic (exact) mass is 346 g/mol. The maximum Gasteiger partial charge on any atom is 0.191 e. The summed E-state index contributed by atoms with van der Waals surface area (Å²) in [7, 11) is 1.75. The van der Waals surface area contributed by atoms with Crippen molar-refractivity contribution in [3.8, 4) is 0 Å². The van der Waals surface area contributed by atoms with Crippen LogP contribution in [-0.2, 0) is 25.8 Å². The summed E-state index contributed by atoms with van der Waals surface area (Å²) in [6.07, 6.45) is 3.40. The highest BCUT2D eigenvalue weighted by molar-refractivity contribution is 5.79. The number of guanidine groups is 1. The van der Waals surface area contributed by atoms with Gasteiger partial charge in [0.15, 0.2) is 5.96 Å². The van der Waals surface area contributed by atoms with Gasteiger partial charge < -0.3 is 15.2 Å². The van der Waals surface area contributed by atoms with Crippen LogP contribution in [0.15, 0.2) is 33.8 Å². The highest BCUT2D eigenvalue weighted by Crippen LogP contribution is 2.15. The second-order valence-corrected chi connectivity index (χ2v) is 5.82. The molecule has 5 nitrogen and oxygen atoms in total. The lowest BCUT2D eigenvalue weighted by Crippen LogP contribution is -2.37. The fraction of sp³-hybridized carbons (Fsp3) is 0.474. The van der Waals surface area contributed by atoms with Gasteiger partial charge in [-0.15, -0.1) is 0 Å². The largest absolute Gasteiger partial charge is 0.361 e. The number of aromatic nitrogens is 1. The van der Waals surface area contributed by atoms with E-state index in [1.165, 1.54) is 6.07 Å². The molecule has 6 heteroatoms. The molecule has 1 aromatic carbocycles. The molecule has 0 radical (unpaired) electrons. The maximum atomic E-state index is 13.2. The molecule has 0 aliphatic rings. The molecule has 0 aliphatic heterocycles. The van der Waals surface area contributed by atoms with E-state index in [1.807, 2.05) is 6.07 Å². The molecule has 0 saturated heterocycles. The predicted octanol–water partition coefficient (Wildman–Crippen LogP) is 3.24. The van der Waals surface area contributed by atoms with Crippen LogP contribution in [0.2, 0.25) is 0 Å². The van der Waals surface area contributed by atoms with E-state index >= 15 is 0 Å². The summed E-state index contributed by atoms with van der Waals surface area (Å²) < 4.78 is 18.5. The summed E-state index contributed by atoms with van der Waals surface area (Å²) >= 11 is 0. The first kappa shape index (κ1) is 19.0. The van der Waals surface area contributed by atoms with Crippen molar-refractivity contribution in [2.24, 2.45) is 4.99 Å². The smallest absolute Gasteiger partial charge is 0.191 e. The van der Waals surface area contributed by atoms with Gasteiger partial charge in [0.2, 0.25) is 0 Å². The molecule has 25 heavy (non-hydrogen) atoms. The van der Waals surface area contributed by atoms with Gasteiger partial charge in [-0.05, 0) is 37.0 Å². The third-order valence-corrected chi connectivity index (χ3v) is 4.09. The third kappa shape index (κ3) is 5.59. The minimum Gasteiger partial charge on any atom is -0.361 e. The van der Waals surface area contributed by atoms with E-state index in [4.69, 9.17) is 4.52 Å². The number of benzene rings is 1. The number of aryl methyl sites for hydroxylation is 3. The Morgan fingerprint density at radius 3 is 2.76 bits per heavy atom. The van der Waals surface area contributed by atoms with Crippen molar-refractivity contribution in [3.63, 3.8) is 0 Å². The Hall–Kier alpha value is -2.37. The van der Waals surface area contributed by atoms with Crippen LogP contribution in [-0.4, -0.2) is 24.7 Å². The number of hydrogen-bond donors (Lipinski definition) is 2. The molecule has 2 N–H and O–H groups in total. The van der Waals surface area contributed by atoms with Gasteiger partial charge in [0, 0.05) is 32.1 Å². The second kappa shape index (κ2) is 9.81. The van der Waals surface area contributed by atoms with Crippen LogP contribution >= 0.6 is 0 Å². The van der Waals surface area contributed by atoms with Gasteiger partial charge in [0.05, 0.1) is 5.69 Å². The van der Waals surface area contributed by atoms with Crippen LogP contribution in [0.3, 0.4) is 0 Å². The molecule has 0 saturated carbocycles. The van der Waals surface area contributed by atoms with Crippen molar-refractivity contribution in [2.45, 2.75) is 46.1 Å². The lowest BCUT2D eigenvalue weighted by molar-refractivity contribution is 0.380. The Labute approximate surface area is 148 Å². The number of halogens is 1. The third-order valence-electron chi connectivity index (χ3n) is 4.09. The van der Waals surface area contributed by atoms with E-state index in [-0.39, 0.29) is 5.82 Å². The maximum absolute atomic E-state index is 13.2. The predicted molar refractivity (Wildman–Crippen MR) is 98.2 cm³/mol. The number of nitrogens with zero attached hydrogens (tertiary/aromatic N) is 2. The van der Waals surface area contributed by atoms with Gasteiger partial charge in [0.1, 0.15) is 11.6 Å². The van der Waals surface area contributed by atoms with Crippen LogP contribution in [0.5, 0.6) is 0 Å². The average Bonchev–Trinajstić information content (AvgIpc) is 3.03. The number of aliphatic imine (C=N–C) groups is 1. The van der Waals surface area contributed by atoms with Crippen molar-refractivity contribution in [1.29, 1.82) is 0 Å². The standard InChI is InChI=1S/C19H27FN4O/c1-4-17-16(18(5-2)25-24-17)13-23-19(21-3)22-11-7-9-14-8-6-10-15(20)12-14/h6,8,10,12H,4-5,7,9,11,13H2,1-3H3,(H2,21,22,23). The average molecular weight is 346 g/mol. The fourth-order valence-corrected chi connectivity index (χ4v) is 2.72. The van der Waals surface area contributed by atoms with E-state index in [2.05, 4.69) is 34.6 Å². The number of nitrogens with one attached hydrogen (secondary N) is 2. The molecule has 2 aromatic rings. The lowest BCUT2D eigenvalue weighted by atomic mass is 10.1. The van der Waals surface area contributed by atoms with E-state index in [0.29, 0.717) is 6.54 Å². The normalized spacial score (nSPS) is 11.6. The number of rotatable bonds is 8. The summed E-state index contributed by atoms with van der Waals surface area (Å²) in [6, 6.07) is 6.74. The van der Waals surface area contributed by atoms with E-state index < -0.39 is 0 Å². The Kier molecular flexibility index (Phi) is 7.44. The summed E-state index contributed by atoms with van der Waals surface area (Å²) in [5.41, 5.74) is 3.12.